The Labute approximate surface area is 209 Å². The number of halogens is 2. The van der Waals surface area contributed by atoms with Crippen molar-refractivity contribution >= 4 is 38.4 Å². The fraction of sp³-hybridized carbons (Fsp3) is 0.500. The third-order valence-corrected chi connectivity index (χ3v) is 8.01. The van der Waals surface area contributed by atoms with E-state index in [2.05, 4.69) is 15.3 Å². The van der Waals surface area contributed by atoms with Crippen molar-refractivity contribution in [2.75, 3.05) is 11.6 Å². The molecule has 1 aliphatic carbocycles. The van der Waals surface area contributed by atoms with Crippen molar-refractivity contribution in [1.82, 2.24) is 4.98 Å². The fourth-order valence-corrected chi connectivity index (χ4v) is 5.67. The van der Waals surface area contributed by atoms with E-state index in [0.29, 0.717) is 22.8 Å². The van der Waals surface area contributed by atoms with Gasteiger partial charge >= 0.3 is 0 Å². The molecule has 2 aromatic rings. The van der Waals surface area contributed by atoms with Crippen LogP contribution in [-0.4, -0.2) is 43.2 Å². The van der Waals surface area contributed by atoms with Gasteiger partial charge in [-0.05, 0) is 63.3 Å². The summed E-state index contributed by atoms with van der Waals surface area (Å²) in [7, 11) is -3.65. The number of hydrogen-bond donors (Lipinski definition) is 1. The third kappa shape index (κ3) is 5.20. The molecule has 3 aliphatic rings. The van der Waals surface area contributed by atoms with Gasteiger partial charge in [-0.25, -0.2) is 22.2 Å². The van der Waals surface area contributed by atoms with Gasteiger partial charge in [0.1, 0.15) is 11.5 Å². The van der Waals surface area contributed by atoms with Gasteiger partial charge in [0.2, 0.25) is 0 Å². The summed E-state index contributed by atoms with van der Waals surface area (Å²) < 4.78 is 58.4. The van der Waals surface area contributed by atoms with E-state index in [1.807, 2.05) is 19.9 Å². The summed E-state index contributed by atoms with van der Waals surface area (Å²) in [5.74, 6) is 0.110. The molecule has 1 saturated carbocycles. The lowest BCUT2D eigenvalue weighted by atomic mass is 10.0. The van der Waals surface area contributed by atoms with Crippen molar-refractivity contribution in [2.45, 2.75) is 75.4 Å². The van der Waals surface area contributed by atoms with E-state index in [1.54, 1.807) is 18.2 Å². The molecule has 0 unspecified atom stereocenters. The zero-order valence-electron chi connectivity index (χ0n) is 20.5. The zero-order valence-corrected chi connectivity index (χ0v) is 21.3. The average molecular weight is 518 g/mol. The minimum atomic E-state index is -3.65. The first-order chi connectivity index (χ1) is 16.9. The second-order valence-corrected chi connectivity index (χ2v) is 12.5. The molecule has 1 saturated heterocycles. The first-order valence-corrected chi connectivity index (χ1v) is 14.0. The van der Waals surface area contributed by atoms with Crippen LogP contribution >= 0.6 is 0 Å². The Balaban J connectivity index is 1.52. The van der Waals surface area contributed by atoms with E-state index in [-0.39, 0.29) is 52.5 Å². The number of carbonyl (C=O) groups excluding carboxylic acids is 1. The Morgan fingerprint density at radius 2 is 1.94 bits per heavy atom. The summed E-state index contributed by atoms with van der Waals surface area (Å²) in [6.07, 6.45) is 1.54. The first kappa shape index (κ1) is 25.0. The molecule has 5 rings (SSSR count). The van der Waals surface area contributed by atoms with Crippen molar-refractivity contribution in [3.8, 4) is 0 Å². The Hall–Kier alpha value is -2.72. The molecule has 1 atom stereocenters. The molecule has 1 aromatic carbocycles. The number of sulfone groups is 1. The SMILES string of the molecule is CC1(C)CC[C@H](c2ccc(Nc3cc(CC(=O)C4CC4)nc4c3N=C(C(F)F)C4)c(S(C)(=O)=O)c2)O1. The van der Waals surface area contributed by atoms with Gasteiger partial charge in [0.15, 0.2) is 9.84 Å². The summed E-state index contributed by atoms with van der Waals surface area (Å²) >= 11 is 0. The molecule has 0 amide bonds. The van der Waals surface area contributed by atoms with Crippen LogP contribution in [0.15, 0.2) is 34.2 Å². The maximum atomic E-state index is 13.4. The molecule has 10 heteroatoms. The number of aromatic nitrogens is 1. The highest BCUT2D eigenvalue weighted by Crippen LogP contribution is 2.42. The Bertz CT molecular complexity index is 1370. The smallest absolute Gasteiger partial charge is 0.277 e. The summed E-state index contributed by atoms with van der Waals surface area (Å²) in [5, 5.41) is 3.11. The minimum Gasteiger partial charge on any atom is -0.368 e. The van der Waals surface area contributed by atoms with E-state index in [1.165, 1.54) is 0 Å². The van der Waals surface area contributed by atoms with E-state index in [9.17, 15) is 22.0 Å². The van der Waals surface area contributed by atoms with Crippen LogP contribution in [0.2, 0.25) is 0 Å². The lowest BCUT2D eigenvalue weighted by molar-refractivity contribution is -0.119. The number of ketones is 1. The van der Waals surface area contributed by atoms with Crippen LogP contribution in [0.1, 0.15) is 62.6 Å². The number of pyridine rings is 1. The van der Waals surface area contributed by atoms with Crippen molar-refractivity contribution in [3.05, 3.63) is 41.2 Å². The van der Waals surface area contributed by atoms with E-state index in [0.717, 1.165) is 37.5 Å². The number of anilines is 2. The number of nitrogens with zero attached hydrogens (tertiary/aromatic N) is 2. The highest BCUT2D eigenvalue weighted by atomic mass is 32.2. The quantitative estimate of drug-likeness (QED) is 0.512. The monoisotopic (exact) mass is 517 g/mol. The van der Waals surface area contributed by atoms with Crippen LogP contribution in [0.4, 0.5) is 25.8 Å². The van der Waals surface area contributed by atoms with Gasteiger partial charge in [-0.15, -0.1) is 0 Å². The summed E-state index contributed by atoms with van der Waals surface area (Å²) in [5.41, 5.74) is 1.89. The number of ether oxygens (including phenoxy) is 1. The molecule has 2 aliphatic heterocycles. The van der Waals surface area contributed by atoms with Crippen molar-refractivity contribution in [3.63, 3.8) is 0 Å². The van der Waals surface area contributed by atoms with E-state index >= 15 is 0 Å². The van der Waals surface area contributed by atoms with Crippen LogP contribution in [-0.2, 0) is 32.2 Å². The van der Waals surface area contributed by atoms with Crippen LogP contribution in [0.3, 0.4) is 0 Å². The molecule has 1 aromatic heterocycles. The van der Waals surface area contributed by atoms with Crippen LogP contribution in [0.5, 0.6) is 0 Å². The second kappa shape index (κ2) is 8.99. The zero-order chi connectivity index (χ0) is 25.8. The molecule has 0 bridgehead atoms. The molecule has 192 valence electrons. The Morgan fingerprint density at radius 3 is 2.56 bits per heavy atom. The maximum absolute atomic E-state index is 13.4. The van der Waals surface area contributed by atoms with Gasteiger partial charge in [-0.3, -0.25) is 9.78 Å². The Morgan fingerprint density at radius 1 is 1.19 bits per heavy atom. The largest absolute Gasteiger partial charge is 0.368 e. The summed E-state index contributed by atoms with van der Waals surface area (Å²) in [6, 6.07) is 6.70. The van der Waals surface area contributed by atoms with E-state index < -0.39 is 16.3 Å². The molecule has 0 radical (unpaired) electrons. The molecule has 1 N–H and O–H groups in total. The number of alkyl halides is 2. The molecule has 7 nitrogen and oxygen atoms in total. The number of rotatable bonds is 8. The highest BCUT2D eigenvalue weighted by molar-refractivity contribution is 7.90. The standard InChI is InChI=1S/C26H29F2N3O4S/c1-26(2)9-8-22(35-26)15-6-7-17(23(10-15)36(3,33)34)30-18-11-16(12-21(32)14-4-5-14)29-19-13-20(25(27)28)31-24(18)19/h6-7,10-11,14,22,25H,4-5,8-9,12-13H2,1-3H3,(H,29,30)/t22-/m1/s1. The molecule has 2 fully saturated rings. The first-order valence-electron chi connectivity index (χ1n) is 12.1. The van der Waals surface area contributed by atoms with Crippen molar-refractivity contribution in [1.29, 1.82) is 0 Å². The number of carbonyl (C=O) groups is 1. The fourth-order valence-electron chi connectivity index (χ4n) is 4.80. The number of nitrogens with one attached hydrogen (secondary N) is 1. The average Bonchev–Trinajstić information content (AvgIpc) is 3.45. The lowest BCUT2D eigenvalue weighted by Crippen LogP contribution is -2.17. The van der Waals surface area contributed by atoms with Gasteiger partial charge in [-0.1, -0.05) is 6.07 Å². The topological polar surface area (TPSA) is 97.7 Å². The summed E-state index contributed by atoms with van der Waals surface area (Å²) in [4.78, 5) is 21.0. The van der Waals surface area contributed by atoms with Gasteiger partial charge in [-0.2, -0.15) is 0 Å². The van der Waals surface area contributed by atoms with Gasteiger partial charge in [0.05, 0.1) is 45.1 Å². The maximum Gasteiger partial charge on any atom is 0.277 e. The van der Waals surface area contributed by atoms with Crippen molar-refractivity contribution in [2.24, 2.45) is 10.9 Å². The van der Waals surface area contributed by atoms with Gasteiger partial charge < -0.3 is 10.1 Å². The molecular formula is C26H29F2N3O4S. The molecule has 3 heterocycles. The number of Topliss-reactive ketones (excluding diaryl/α,β-unsaturated/α-hetero) is 1. The van der Waals surface area contributed by atoms with Gasteiger partial charge in [0.25, 0.3) is 6.43 Å². The minimum absolute atomic E-state index is 0.0384. The van der Waals surface area contributed by atoms with Crippen LogP contribution < -0.4 is 5.32 Å². The molecule has 36 heavy (non-hydrogen) atoms. The normalized spacial score (nSPS) is 20.9. The van der Waals surface area contributed by atoms with Gasteiger partial charge in [0, 0.05) is 25.0 Å². The van der Waals surface area contributed by atoms with E-state index in [4.69, 9.17) is 4.74 Å². The predicted molar refractivity (Wildman–Crippen MR) is 132 cm³/mol. The second-order valence-electron chi connectivity index (χ2n) is 10.5. The number of aliphatic imine (C=N–C) groups is 1. The predicted octanol–water partition coefficient (Wildman–Crippen LogP) is 5.27. The number of fused-ring (bicyclic) bond motifs is 1. The Kier molecular flexibility index (Phi) is 6.23. The highest BCUT2D eigenvalue weighted by Gasteiger charge is 2.34. The van der Waals surface area contributed by atoms with Crippen LogP contribution in [0, 0.1) is 5.92 Å². The summed E-state index contributed by atoms with van der Waals surface area (Å²) in [6.45, 7) is 4.01. The van der Waals surface area contributed by atoms with Crippen molar-refractivity contribution < 1.29 is 26.7 Å². The van der Waals surface area contributed by atoms with Crippen LogP contribution in [0.25, 0.3) is 0 Å². The lowest BCUT2D eigenvalue weighted by Gasteiger charge is -2.21. The molecule has 0 spiro atoms. The number of hydrogen-bond acceptors (Lipinski definition) is 7. The molecular weight excluding hydrogens is 488 g/mol. The number of benzene rings is 1. The third-order valence-electron chi connectivity index (χ3n) is 6.88.